The first-order valence-corrected chi connectivity index (χ1v) is 3.44. The van der Waals surface area contributed by atoms with Gasteiger partial charge in [0.25, 0.3) is 0 Å². The molecule has 1 aromatic heterocycles. The van der Waals surface area contributed by atoms with Crippen LogP contribution in [-0.4, -0.2) is 5.21 Å². The van der Waals surface area contributed by atoms with Crippen LogP contribution in [0.4, 0.5) is 0 Å². The molecule has 0 aromatic carbocycles. The first-order valence-electron chi connectivity index (χ1n) is 3.44. The number of hydrogen-bond donors (Lipinski definition) is 1. The molecular weight excluding hydrogens is 126 g/mol. The molecule has 0 radical (unpaired) electrons. The summed E-state index contributed by atoms with van der Waals surface area (Å²) >= 11 is 0. The number of hydrogen-bond acceptors (Lipinski definition) is 1. The molecule has 0 aliphatic heterocycles. The molecule has 0 unspecified atom stereocenters. The number of pyridine rings is 1. The van der Waals surface area contributed by atoms with E-state index in [9.17, 15) is 0 Å². The predicted octanol–water partition coefficient (Wildman–Crippen LogP) is 1.08. The van der Waals surface area contributed by atoms with Gasteiger partial charge in [-0.15, -0.1) is 0 Å². The summed E-state index contributed by atoms with van der Waals surface area (Å²) in [4.78, 5) is 0. The molecule has 0 bridgehead atoms. The van der Waals surface area contributed by atoms with Crippen LogP contribution in [0, 0.1) is 6.92 Å². The van der Waals surface area contributed by atoms with Gasteiger partial charge >= 0.3 is 0 Å². The second-order valence-corrected chi connectivity index (χ2v) is 2.39. The monoisotopic (exact) mass is 138 g/mol. The normalized spacial score (nSPS) is 9.80. The lowest BCUT2D eigenvalue weighted by Gasteiger charge is -1.95. The van der Waals surface area contributed by atoms with Gasteiger partial charge in [-0.2, -0.15) is 0 Å². The second kappa shape index (κ2) is 2.69. The van der Waals surface area contributed by atoms with Crippen LogP contribution < -0.4 is 4.73 Å². The average molecular weight is 138 g/mol. The summed E-state index contributed by atoms with van der Waals surface area (Å²) in [5.41, 5.74) is 2.41. The van der Waals surface area contributed by atoms with E-state index < -0.39 is 0 Å². The quantitative estimate of drug-likeness (QED) is 0.455. The molecular formula is C8H12NO+. The molecule has 0 aliphatic carbocycles. The van der Waals surface area contributed by atoms with Gasteiger partial charge in [0.1, 0.15) is 0 Å². The van der Waals surface area contributed by atoms with Crippen LogP contribution in [0.3, 0.4) is 0 Å². The average Bonchev–Trinajstić information content (AvgIpc) is 1.94. The number of rotatable bonds is 1. The third kappa shape index (κ3) is 1.26. The zero-order valence-corrected chi connectivity index (χ0v) is 6.33. The Balaban J connectivity index is 3.09. The zero-order chi connectivity index (χ0) is 7.56. The Morgan fingerprint density at radius 2 is 2.30 bits per heavy atom. The van der Waals surface area contributed by atoms with E-state index >= 15 is 0 Å². The first kappa shape index (κ1) is 7.06. The Kier molecular flexibility index (Phi) is 1.90. The van der Waals surface area contributed by atoms with Crippen molar-refractivity contribution in [1.82, 2.24) is 0 Å². The van der Waals surface area contributed by atoms with Gasteiger partial charge in [-0.1, -0.05) is 6.92 Å². The molecule has 1 aromatic rings. The molecule has 0 saturated carbocycles. The van der Waals surface area contributed by atoms with E-state index in [1.165, 1.54) is 11.1 Å². The zero-order valence-electron chi connectivity index (χ0n) is 6.33. The van der Waals surface area contributed by atoms with E-state index in [4.69, 9.17) is 5.21 Å². The van der Waals surface area contributed by atoms with Crippen molar-refractivity contribution in [2.45, 2.75) is 20.3 Å². The first-order chi connectivity index (χ1) is 4.74. The van der Waals surface area contributed by atoms with Crippen molar-refractivity contribution in [3.8, 4) is 0 Å². The van der Waals surface area contributed by atoms with Crippen LogP contribution in [0.15, 0.2) is 18.5 Å². The summed E-state index contributed by atoms with van der Waals surface area (Å²) in [6, 6.07) is 1.90. The summed E-state index contributed by atoms with van der Waals surface area (Å²) < 4.78 is 1.09. The molecule has 10 heavy (non-hydrogen) atoms. The molecule has 0 fully saturated rings. The fraction of sp³-hybridized carbons (Fsp3) is 0.375. The van der Waals surface area contributed by atoms with Gasteiger partial charge in [0.2, 0.25) is 12.4 Å². The van der Waals surface area contributed by atoms with Crippen molar-refractivity contribution in [3.63, 3.8) is 0 Å². The van der Waals surface area contributed by atoms with Crippen LogP contribution in [0.25, 0.3) is 0 Å². The number of aromatic nitrogens is 1. The summed E-state index contributed by atoms with van der Waals surface area (Å²) in [7, 11) is 0. The topological polar surface area (TPSA) is 24.1 Å². The molecule has 1 N–H and O–H groups in total. The molecule has 2 heteroatoms. The highest BCUT2D eigenvalue weighted by Gasteiger charge is 2.01. The molecule has 0 spiro atoms. The molecule has 0 saturated heterocycles. The summed E-state index contributed by atoms with van der Waals surface area (Å²) in [5, 5.41) is 8.99. The van der Waals surface area contributed by atoms with Gasteiger partial charge < -0.3 is 0 Å². The van der Waals surface area contributed by atoms with Crippen molar-refractivity contribution in [1.29, 1.82) is 0 Å². The highest BCUT2D eigenvalue weighted by molar-refractivity contribution is 5.18. The third-order valence-electron chi connectivity index (χ3n) is 1.65. The lowest BCUT2D eigenvalue weighted by Crippen LogP contribution is -2.29. The maximum Gasteiger partial charge on any atom is 0.225 e. The van der Waals surface area contributed by atoms with Crippen LogP contribution in [0.5, 0.6) is 0 Å². The Labute approximate surface area is 60.7 Å². The molecule has 1 rings (SSSR count). The Morgan fingerprint density at radius 3 is 2.80 bits per heavy atom. The molecule has 0 amide bonds. The van der Waals surface area contributed by atoms with Crippen LogP contribution >= 0.6 is 0 Å². The predicted molar refractivity (Wildman–Crippen MR) is 37.9 cm³/mol. The van der Waals surface area contributed by atoms with E-state index in [-0.39, 0.29) is 0 Å². The highest BCUT2D eigenvalue weighted by atomic mass is 16.5. The minimum atomic E-state index is 0.966. The fourth-order valence-corrected chi connectivity index (χ4v) is 0.970. The van der Waals surface area contributed by atoms with E-state index in [2.05, 4.69) is 6.92 Å². The van der Waals surface area contributed by atoms with E-state index in [1.54, 1.807) is 12.4 Å². The van der Waals surface area contributed by atoms with Gasteiger partial charge in [-0.3, -0.25) is 5.21 Å². The standard InChI is InChI=1S/C8H12NO/c1-3-8-6-9(10)5-4-7(8)2/h4-6,10H,3H2,1-2H3/q+1. The smallest absolute Gasteiger partial charge is 0.225 e. The van der Waals surface area contributed by atoms with Crippen molar-refractivity contribution in [3.05, 3.63) is 29.6 Å². The van der Waals surface area contributed by atoms with Gasteiger partial charge in [0.05, 0.1) is 0 Å². The summed E-state index contributed by atoms with van der Waals surface area (Å²) in [5.74, 6) is 0. The summed E-state index contributed by atoms with van der Waals surface area (Å²) in [6.45, 7) is 4.11. The van der Waals surface area contributed by atoms with Crippen LogP contribution in [0.2, 0.25) is 0 Å². The molecule has 0 aliphatic rings. The third-order valence-corrected chi connectivity index (χ3v) is 1.65. The highest BCUT2D eigenvalue weighted by Crippen LogP contribution is 2.02. The largest absolute Gasteiger partial charge is 0.285 e. The van der Waals surface area contributed by atoms with Gasteiger partial charge in [0, 0.05) is 16.4 Å². The number of aryl methyl sites for hydroxylation is 2. The van der Waals surface area contributed by atoms with E-state index in [1.807, 2.05) is 13.0 Å². The van der Waals surface area contributed by atoms with Crippen LogP contribution in [0.1, 0.15) is 18.1 Å². The van der Waals surface area contributed by atoms with Gasteiger partial charge in [-0.05, 0) is 18.9 Å². The maximum atomic E-state index is 8.99. The van der Waals surface area contributed by atoms with Crippen LogP contribution in [-0.2, 0) is 6.42 Å². The summed E-state index contributed by atoms with van der Waals surface area (Å²) in [6.07, 6.45) is 4.33. The van der Waals surface area contributed by atoms with E-state index in [0.717, 1.165) is 11.2 Å². The SMILES string of the molecule is CCc1c[n+](O)ccc1C. The van der Waals surface area contributed by atoms with Crippen molar-refractivity contribution < 1.29 is 9.94 Å². The van der Waals surface area contributed by atoms with Gasteiger partial charge in [-0.25, -0.2) is 0 Å². The molecule has 0 atom stereocenters. The molecule has 54 valence electrons. The minimum absolute atomic E-state index is 0.966. The Morgan fingerprint density at radius 1 is 1.60 bits per heavy atom. The van der Waals surface area contributed by atoms with E-state index in [0.29, 0.717) is 0 Å². The number of nitrogens with zero attached hydrogens (tertiary/aromatic N) is 1. The van der Waals surface area contributed by atoms with Crippen molar-refractivity contribution in [2.75, 3.05) is 0 Å². The maximum absolute atomic E-state index is 8.99. The minimum Gasteiger partial charge on any atom is -0.285 e. The van der Waals surface area contributed by atoms with Crippen molar-refractivity contribution >= 4 is 0 Å². The molecule has 2 nitrogen and oxygen atoms in total. The Bertz CT molecular complexity index is 233. The Hall–Kier alpha value is -1.05. The second-order valence-electron chi connectivity index (χ2n) is 2.39. The van der Waals surface area contributed by atoms with Gasteiger partial charge in [0.15, 0.2) is 0 Å². The lowest BCUT2D eigenvalue weighted by atomic mass is 10.1. The fourth-order valence-electron chi connectivity index (χ4n) is 0.970. The lowest BCUT2D eigenvalue weighted by molar-refractivity contribution is -0.905. The van der Waals surface area contributed by atoms with Crippen molar-refractivity contribution in [2.24, 2.45) is 0 Å². The molecule has 1 heterocycles.